The molecule has 0 aromatic heterocycles. The van der Waals surface area contributed by atoms with Crippen molar-refractivity contribution in [3.8, 4) is 5.75 Å². The van der Waals surface area contributed by atoms with Crippen LogP contribution in [-0.2, 0) is 6.42 Å². The smallest absolute Gasteiger partial charge is 0.119 e. The Labute approximate surface area is 128 Å². The third-order valence-electron chi connectivity index (χ3n) is 5.22. The van der Waals surface area contributed by atoms with E-state index in [0.717, 1.165) is 11.7 Å². The van der Waals surface area contributed by atoms with E-state index in [1.807, 2.05) is 0 Å². The van der Waals surface area contributed by atoms with Gasteiger partial charge in [-0.3, -0.25) is 4.90 Å². The molecule has 1 unspecified atom stereocenters. The number of hydrogen-bond donors (Lipinski definition) is 1. The van der Waals surface area contributed by atoms with Crippen LogP contribution in [0.4, 0.5) is 0 Å². The van der Waals surface area contributed by atoms with E-state index in [1.165, 1.54) is 57.3 Å². The van der Waals surface area contributed by atoms with E-state index < -0.39 is 0 Å². The predicted molar refractivity (Wildman–Crippen MR) is 86.9 cm³/mol. The molecule has 1 fully saturated rings. The summed E-state index contributed by atoms with van der Waals surface area (Å²) in [5.41, 5.74) is 3.05. The van der Waals surface area contributed by atoms with Gasteiger partial charge >= 0.3 is 0 Å². The Balaban J connectivity index is 1.71. The second kappa shape index (κ2) is 6.80. The molecule has 3 heteroatoms. The lowest BCUT2D eigenvalue weighted by Gasteiger charge is -2.40. The first-order chi connectivity index (χ1) is 10.3. The molecule has 0 amide bonds. The topological polar surface area (TPSA) is 24.5 Å². The molecule has 0 saturated carbocycles. The van der Waals surface area contributed by atoms with Gasteiger partial charge in [-0.1, -0.05) is 6.07 Å². The minimum atomic E-state index is 0.634. The molecule has 3 nitrogen and oxygen atoms in total. The summed E-state index contributed by atoms with van der Waals surface area (Å²) in [4.78, 5) is 2.72. The number of hydrogen-bond acceptors (Lipinski definition) is 3. The lowest BCUT2D eigenvalue weighted by molar-refractivity contribution is 0.120. The molecule has 21 heavy (non-hydrogen) atoms. The van der Waals surface area contributed by atoms with Crippen LogP contribution in [0.2, 0.25) is 0 Å². The van der Waals surface area contributed by atoms with Gasteiger partial charge in [-0.05, 0) is 88.0 Å². The van der Waals surface area contributed by atoms with Gasteiger partial charge in [0, 0.05) is 6.04 Å². The Kier molecular flexibility index (Phi) is 4.81. The SMILES string of the molecule is CNCC1CCN(C2CCCc3cc(OC)ccc32)CC1. The van der Waals surface area contributed by atoms with E-state index in [9.17, 15) is 0 Å². The van der Waals surface area contributed by atoms with Crippen LogP contribution in [0, 0.1) is 5.92 Å². The predicted octanol–water partition coefficient (Wildman–Crippen LogP) is 3.00. The van der Waals surface area contributed by atoms with Crippen LogP contribution in [0.1, 0.15) is 42.9 Å². The summed E-state index contributed by atoms with van der Waals surface area (Å²) in [6, 6.07) is 7.31. The highest BCUT2D eigenvalue weighted by Gasteiger charge is 2.29. The van der Waals surface area contributed by atoms with E-state index >= 15 is 0 Å². The average molecular weight is 288 g/mol. The zero-order chi connectivity index (χ0) is 14.7. The number of rotatable bonds is 4. The van der Waals surface area contributed by atoms with Crippen LogP contribution in [0.15, 0.2) is 18.2 Å². The molecule has 3 rings (SSSR count). The van der Waals surface area contributed by atoms with Gasteiger partial charge in [0.2, 0.25) is 0 Å². The van der Waals surface area contributed by atoms with E-state index in [1.54, 1.807) is 12.7 Å². The maximum Gasteiger partial charge on any atom is 0.119 e. The van der Waals surface area contributed by atoms with E-state index in [0.29, 0.717) is 6.04 Å². The van der Waals surface area contributed by atoms with Crippen LogP contribution in [0.25, 0.3) is 0 Å². The highest BCUT2D eigenvalue weighted by Crippen LogP contribution is 2.37. The zero-order valence-electron chi connectivity index (χ0n) is 13.4. The second-order valence-electron chi connectivity index (χ2n) is 6.51. The molecule has 1 aromatic carbocycles. The van der Waals surface area contributed by atoms with Crippen molar-refractivity contribution in [1.29, 1.82) is 0 Å². The highest BCUT2D eigenvalue weighted by molar-refractivity contribution is 5.39. The molecule has 0 spiro atoms. The van der Waals surface area contributed by atoms with Crippen molar-refractivity contribution >= 4 is 0 Å². The third-order valence-corrected chi connectivity index (χ3v) is 5.22. The summed E-state index contributed by atoms with van der Waals surface area (Å²) in [5.74, 6) is 1.87. The van der Waals surface area contributed by atoms with Crippen LogP contribution in [0.3, 0.4) is 0 Å². The number of nitrogens with zero attached hydrogens (tertiary/aromatic N) is 1. The Morgan fingerprint density at radius 3 is 2.76 bits per heavy atom. The first-order valence-electron chi connectivity index (χ1n) is 8.37. The van der Waals surface area contributed by atoms with Crippen LogP contribution >= 0.6 is 0 Å². The van der Waals surface area contributed by atoms with Gasteiger partial charge < -0.3 is 10.1 Å². The fourth-order valence-electron chi connectivity index (χ4n) is 4.03. The largest absolute Gasteiger partial charge is 0.497 e. The number of ether oxygens (including phenoxy) is 1. The number of methoxy groups -OCH3 is 1. The quantitative estimate of drug-likeness (QED) is 0.922. The summed E-state index contributed by atoms with van der Waals surface area (Å²) in [6.45, 7) is 3.68. The van der Waals surface area contributed by atoms with E-state index in [-0.39, 0.29) is 0 Å². The molecular weight excluding hydrogens is 260 g/mol. The van der Waals surface area contributed by atoms with Crippen molar-refractivity contribution in [2.24, 2.45) is 5.92 Å². The van der Waals surface area contributed by atoms with Crippen LogP contribution in [-0.4, -0.2) is 38.7 Å². The number of aryl methyl sites for hydroxylation is 1. The molecule has 0 bridgehead atoms. The van der Waals surface area contributed by atoms with Crippen molar-refractivity contribution < 1.29 is 4.74 Å². The first-order valence-corrected chi connectivity index (χ1v) is 8.37. The average Bonchev–Trinajstić information content (AvgIpc) is 2.55. The van der Waals surface area contributed by atoms with Gasteiger partial charge in [-0.2, -0.15) is 0 Å². The third kappa shape index (κ3) is 3.24. The van der Waals surface area contributed by atoms with Gasteiger partial charge in [0.15, 0.2) is 0 Å². The Morgan fingerprint density at radius 1 is 1.24 bits per heavy atom. The molecular formula is C18H28N2O. The second-order valence-corrected chi connectivity index (χ2v) is 6.51. The molecule has 1 heterocycles. The summed E-state index contributed by atoms with van der Waals surface area (Å²) in [7, 11) is 3.83. The van der Waals surface area contributed by atoms with Crippen LogP contribution < -0.4 is 10.1 Å². The molecule has 1 aromatic rings. The van der Waals surface area contributed by atoms with E-state index in [2.05, 4.69) is 35.5 Å². The summed E-state index contributed by atoms with van der Waals surface area (Å²) < 4.78 is 5.38. The van der Waals surface area contributed by atoms with Gasteiger partial charge in [-0.25, -0.2) is 0 Å². The molecule has 1 aliphatic carbocycles. The molecule has 116 valence electrons. The number of nitrogens with one attached hydrogen (secondary N) is 1. The normalized spacial score (nSPS) is 23.8. The zero-order valence-corrected chi connectivity index (χ0v) is 13.4. The standard InChI is InChI=1S/C18H28N2O/c1-19-13-14-8-10-20(11-9-14)18-5-3-4-15-12-16(21-2)6-7-17(15)18/h6-7,12,14,18-19H,3-5,8-11,13H2,1-2H3. The van der Waals surface area contributed by atoms with E-state index in [4.69, 9.17) is 4.74 Å². The number of benzene rings is 1. The lowest BCUT2D eigenvalue weighted by Crippen LogP contribution is -2.40. The molecule has 1 aliphatic heterocycles. The maximum absolute atomic E-state index is 5.38. The van der Waals surface area contributed by atoms with Crippen molar-refractivity contribution in [2.45, 2.75) is 38.1 Å². The number of fused-ring (bicyclic) bond motifs is 1. The van der Waals surface area contributed by atoms with Crippen molar-refractivity contribution in [3.05, 3.63) is 29.3 Å². The minimum absolute atomic E-state index is 0.634. The Morgan fingerprint density at radius 2 is 2.05 bits per heavy atom. The molecule has 2 aliphatic rings. The minimum Gasteiger partial charge on any atom is -0.497 e. The first kappa shape index (κ1) is 14.9. The lowest BCUT2D eigenvalue weighted by atomic mass is 9.85. The van der Waals surface area contributed by atoms with Gasteiger partial charge in [-0.15, -0.1) is 0 Å². The molecule has 1 N–H and O–H groups in total. The summed E-state index contributed by atoms with van der Waals surface area (Å²) >= 11 is 0. The molecule has 1 atom stereocenters. The summed E-state index contributed by atoms with van der Waals surface area (Å²) in [6.07, 6.45) is 6.50. The maximum atomic E-state index is 5.38. The molecule has 0 radical (unpaired) electrons. The molecule has 1 saturated heterocycles. The highest BCUT2D eigenvalue weighted by atomic mass is 16.5. The Hall–Kier alpha value is -1.06. The summed E-state index contributed by atoms with van der Waals surface area (Å²) in [5, 5.41) is 3.33. The van der Waals surface area contributed by atoms with Gasteiger partial charge in [0.25, 0.3) is 0 Å². The number of piperidine rings is 1. The number of likely N-dealkylation sites (tertiary alicyclic amines) is 1. The van der Waals surface area contributed by atoms with Crippen molar-refractivity contribution in [2.75, 3.05) is 33.8 Å². The fraction of sp³-hybridized carbons (Fsp3) is 0.667. The van der Waals surface area contributed by atoms with Gasteiger partial charge in [0.1, 0.15) is 5.75 Å². The van der Waals surface area contributed by atoms with Crippen LogP contribution in [0.5, 0.6) is 5.75 Å². The van der Waals surface area contributed by atoms with Gasteiger partial charge in [0.05, 0.1) is 7.11 Å². The van der Waals surface area contributed by atoms with Crippen molar-refractivity contribution in [3.63, 3.8) is 0 Å². The monoisotopic (exact) mass is 288 g/mol. The van der Waals surface area contributed by atoms with Crippen molar-refractivity contribution in [1.82, 2.24) is 10.2 Å². The Bertz CT molecular complexity index is 466. The fourth-order valence-corrected chi connectivity index (χ4v) is 4.03.